The summed E-state index contributed by atoms with van der Waals surface area (Å²) >= 11 is 0. The van der Waals surface area contributed by atoms with Crippen LogP contribution in [-0.4, -0.2) is 45.7 Å². The van der Waals surface area contributed by atoms with Crippen LogP contribution in [0.15, 0.2) is 24.3 Å². The van der Waals surface area contributed by atoms with Gasteiger partial charge in [-0.05, 0) is 31.8 Å². The molecule has 0 aliphatic rings. The Morgan fingerprint density at radius 1 is 1.33 bits per heavy atom. The molecule has 0 aromatic heterocycles. The van der Waals surface area contributed by atoms with Crippen LogP contribution in [0.25, 0.3) is 0 Å². The summed E-state index contributed by atoms with van der Waals surface area (Å²) in [7, 11) is 7.22. The lowest BCUT2D eigenvalue weighted by Crippen LogP contribution is -2.38. The van der Waals surface area contributed by atoms with Gasteiger partial charge in [0.05, 0.1) is 13.2 Å². The zero-order valence-electron chi connectivity index (χ0n) is 11.4. The molecule has 1 atom stereocenters. The second-order valence-corrected chi connectivity index (χ2v) is 4.21. The van der Waals surface area contributed by atoms with Crippen molar-refractivity contribution in [1.82, 2.24) is 15.5 Å². The number of hydrogen-bond donors (Lipinski definition) is 2. The standard InChI is InChI=1S/C13H21N3O2/c1-14-13(17)15-9-12(16(2)3)10-5-7-11(18-4)8-6-10/h5-8,12H,9H2,1-4H3,(H2,14,15,17). The molecule has 2 N–H and O–H groups in total. The van der Waals surface area contributed by atoms with Crippen molar-refractivity contribution in [2.24, 2.45) is 0 Å². The fraction of sp³-hybridized carbons (Fsp3) is 0.462. The minimum atomic E-state index is -0.171. The highest BCUT2D eigenvalue weighted by Gasteiger charge is 2.14. The van der Waals surface area contributed by atoms with E-state index in [0.717, 1.165) is 11.3 Å². The van der Waals surface area contributed by atoms with E-state index in [2.05, 4.69) is 15.5 Å². The van der Waals surface area contributed by atoms with Crippen LogP contribution < -0.4 is 15.4 Å². The summed E-state index contributed by atoms with van der Waals surface area (Å²) in [5, 5.41) is 5.36. The molecule has 0 aliphatic heterocycles. The predicted molar refractivity (Wildman–Crippen MR) is 71.9 cm³/mol. The third kappa shape index (κ3) is 3.92. The SMILES string of the molecule is CNC(=O)NCC(c1ccc(OC)cc1)N(C)C. The van der Waals surface area contributed by atoms with Gasteiger partial charge in [-0.25, -0.2) is 4.79 Å². The molecule has 0 bridgehead atoms. The largest absolute Gasteiger partial charge is 0.497 e. The lowest BCUT2D eigenvalue weighted by molar-refractivity contribution is 0.234. The van der Waals surface area contributed by atoms with Gasteiger partial charge in [0.1, 0.15) is 5.75 Å². The van der Waals surface area contributed by atoms with E-state index in [1.807, 2.05) is 38.4 Å². The first-order valence-electron chi connectivity index (χ1n) is 5.84. The fourth-order valence-corrected chi connectivity index (χ4v) is 1.70. The van der Waals surface area contributed by atoms with Gasteiger partial charge in [0.15, 0.2) is 0 Å². The minimum absolute atomic E-state index is 0.133. The Morgan fingerprint density at radius 3 is 2.39 bits per heavy atom. The van der Waals surface area contributed by atoms with Crippen LogP contribution in [-0.2, 0) is 0 Å². The number of carbonyl (C=O) groups excluding carboxylic acids is 1. The Hall–Kier alpha value is -1.75. The van der Waals surface area contributed by atoms with E-state index in [9.17, 15) is 4.79 Å². The van der Waals surface area contributed by atoms with Gasteiger partial charge in [-0.1, -0.05) is 12.1 Å². The van der Waals surface area contributed by atoms with Crippen LogP contribution in [0.5, 0.6) is 5.75 Å². The zero-order chi connectivity index (χ0) is 13.5. The molecule has 0 aliphatic carbocycles. The van der Waals surface area contributed by atoms with Gasteiger partial charge in [0.25, 0.3) is 0 Å². The molecule has 100 valence electrons. The third-order valence-electron chi connectivity index (χ3n) is 2.81. The zero-order valence-corrected chi connectivity index (χ0v) is 11.4. The predicted octanol–water partition coefficient (Wildman–Crippen LogP) is 1.23. The van der Waals surface area contributed by atoms with Crippen molar-refractivity contribution in [1.29, 1.82) is 0 Å². The highest BCUT2D eigenvalue weighted by molar-refractivity contribution is 5.73. The average molecular weight is 251 g/mol. The molecule has 5 heteroatoms. The Labute approximate surface area is 108 Å². The molecule has 0 radical (unpaired) electrons. The van der Waals surface area contributed by atoms with Gasteiger partial charge in [0, 0.05) is 13.6 Å². The average Bonchev–Trinajstić information content (AvgIpc) is 2.39. The van der Waals surface area contributed by atoms with Crippen LogP contribution in [0.4, 0.5) is 4.79 Å². The molecule has 1 aromatic rings. The topological polar surface area (TPSA) is 53.6 Å². The molecule has 1 aromatic carbocycles. The van der Waals surface area contributed by atoms with Crippen molar-refractivity contribution in [2.75, 3.05) is 34.8 Å². The lowest BCUT2D eigenvalue weighted by Gasteiger charge is -2.25. The molecule has 0 fully saturated rings. The van der Waals surface area contributed by atoms with Crippen LogP contribution in [0.1, 0.15) is 11.6 Å². The summed E-state index contributed by atoms with van der Waals surface area (Å²) in [5.41, 5.74) is 1.14. The second-order valence-electron chi connectivity index (χ2n) is 4.21. The molecule has 1 unspecified atom stereocenters. The van der Waals surface area contributed by atoms with Crippen LogP contribution in [0.2, 0.25) is 0 Å². The number of benzene rings is 1. The maximum Gasteiger partial charge on any atom is 0.314 e. The Kier molecular flexibility index (Phi) is 5.45. The van der Waals surface area contributed by atoms with E-state index in [1.54, 1.807) is 14.2 Å². The van der Waals surface area contributed by atoms with Gasteiger partial charge < -0.3 is 20.3 Å². The van der Waals surface area contributed by atoms with Gasteiger partial charge in [-0.15, -0.1) is 0 Å². The number of rotatable bonds is 5. The number of nitrogens with one attached hydrogen (secondary N) is 2. The van der Waals surface area contributed by atoms with Crippen molar-refractivity contribution in [3.05, 3.63) is 29.8 Å². The molecule has 1 rings (SSSR count). The van der Waals surface area contributed by atoms with Gasteiger partial charge in [-0.3, -0.25) is 0 Å². The molecule has 0 heterocycles. The first kappa shape index (κ1) is 14.3. The van der Waals surface area contributed by atoms with E-state index >= 15 is 0 Å². The fourth-order valence-electron chi connectivity index (χ4n) is 1.70. The summed E-state index contributed by atoms with van der Waals surface area (Å²) in [6.07, 6.45) is 0. The molecule has 18 heavy (non-hydrogen) atoms. The van der Waals surface area contributed by atoms with Gasteiger partial charge in [0.2, 0.25) is 0 Å². The molecule has 5 nitrogen and oxygen atoms in total. The van der Waals surface area contributed by atoms with Crippen LogP contribution in [0, 0.1) is 0 Å². The number of urea groups is 1. The van der Waals surface area contributed by atoms with Gasteiger partial charge in [-0.2, -0.15) is 0 Å². The summed E-state index contributed by atoms with van der Waals surface area (Å²) < 4.78 is 5.13. The third-order valence-corrected chi connectivity index (χ3v) is 2.81. The quantitative estimate of drug-likeness (QED) is 0.827. The Bertz CT molecular complexity index is 376. The summed E-state index contributed by atoms with van der Waals surface area (Å²) in [6, 6.07) is 7.82. The summed E-state index contributed by atoms with van der Waals surface area (Å²) in [6.45, 7) is 0.555. The molecule has 2 amide bonds. The molecule has 0 saturated carbocycles. The maximum atomic E-state index is 11.2. The number of carbonyl (C=O) groups is 1. The Balaban J connectivity index is 2.74. The number of ether oxygens (including phenoxy) is 1. The van der Waals surface area contributed by atoms with Crippen molar-refractivity contribution in [2.45, 2.75) is 6.04 Å². The van der Waals surface area contributed by atoms with E-state index in [4.69, 9.17) is 4.74 Å². The number of amides is 2. The van der Waals surface area contributed by atoms with Crippen molar-refractivity contribution in [3.63, 3.8) is 0 Å². The minimum Gasteiger partial charge on any atom is -0.497 e. The van der Waals surface area contributed by atoms with Gasteiger partial charge >= 0.3 is 6.03 Å². The summed E-state index contributed by atoms with van der Waals surface area (Å²) in [5.74, 6) is 0.829. The van der Waals surface area contributed by atoms with Crippen molar-refractivity contribution >= 4 is 6.03 Å². The molecular weight excluding hydrogens is 230 g/mol. The smallest absolute Gasteiger partial charge is 0.314 e. The normalized spacial score (nSPS) is 12.1. The molecule has 0 spiro atoms. The van der Waals surface area contributed by atoms with E-state index < -0.39 is 0 Å². The molecule has 0 saturated heterocycles. The first-order chi connectivity index (χ1) is 8.58. The number of likely N-dealkylation sites (N-methyl/N-ethyl adjacent to an activating group) is 1. The lowest BCUT2D eigenvalue weighted by atomic mass is 10.1. The van der Waals surface area contributed by atoms with Crippen LogP contribution >= 0.6 is 0 Å². The first-order valence-corrected chi connectivity index (χ1v) is 5.84. The van der Waals surface area contributed by atoms with Crippen molar-refractivity contribution < 1.29 is 9.53 Å². The second kappa shape index (κ2) is 6.86. The van der Waals surface area contributed by atoms with E-state index in [1.165, 1.54) is 0 Å². The van der Waals surface area contributed by atoms with Crippen molar-refractivity contribution in [3.8, 4) is 5.75 Å². The highest BCUT2D eigenvalue weighted by Crippen LogP contribution is 2.20. The Morgan fingerprint density at radius 2 is 1.94 bits per heavy atom. The van der Waals surface area contributed by atoms with Crippen LogP contribution in [0.3, 0.4) is 0 Å². The summed E-state index contributed by atoms with van der Waals surface area (Å²) in [4.78, 5) is 13.3. The maximum absolute atomic E-state index is 11.2. The monoisotopic (exact) mass is 251 g/mol. The number of methoxy groups -OCH3 is 1. The van der Waals surface area contributed by atoms with E-state index in [-0.39, 0.29) is 12.1 Å². The van der Waals surface area contributed by atoms with E-state index in [0.29, 0.717) is 6.54 Å². The number of nitrogens with zero attached hydrogens (tertiary/aromatic N) is 1. The molecular formula is C13H21N3O2. The highest BCUT2D eigenvalue weighted by atomic mass is 16.5. The number of hydrogen-bond acceptors (Lipinski definition) is 3.